The maximum absolute atomic E-state index is 15.3. The van der Waals surface area contributed by atoms with Crippen LogP contribution in [0.15, 0.2) is 24.3 Å². The van der Waals surface area contributed by atoms with Gasteiger partial charge < -0.3 is 15.5 Å². The lowest BCUT2D eigenvalue weighted by Gasteiger charge is -2.21. The Hall–Kier alpha value is -3.76. The molecule has 0 aliphatic carbocycles. The molecule has 2 N–H and O–H groups in total. The van der Waals surface area contributed by atoms with Gasteiger partial charge in [0.1, 0.15) is 33.4 Å². The molecule has 0 saturated heterocycles. The second kappa shape index (κ2) is 9.47. The highest BCUT2D eigenvalue weighted by atomic mass is 19.2. The fraction of sp³-hybridized carbons (Fsp3) is 0.250. The molecule has 1 aromatic heterocycles. The highest BCUT2D eigenvalue weighted by Gasteiger charge is 2.27. The van der Waals surface area contributed by atoms with Gasteiger partial charge in [-0.1, -0.05) is 0 Å². The lowest BCUT2D eigenvalue weighted by atomic mass is 10.1. The largest absolute Gasteiger partial charge is 0.380 e. The molecular formula is C24H21F6N5. The monoisotopic (exact) mass is 493 g/mol. The molecule has 0 aliphatic rings. The summed E-state index contributed by atoms with van der Waals surface area (Å²) in [5, 5.41) is 4.76. The van der Waals surface area contributed by atoms with Gasteiger partial charge >= 0.3 is 0 Å². The molecule has 4 rings (SSSR count). The van der Waals surface area contributed by atoms with Crippen LogP contribution in [0.1, 0.15) is 20.8 Å². The fourth-order valence-electron chi connectivity index (χ4n) is 3.83. The number of hydrogen-bond donors (Lipinski definition) is 2. The Labute approximate surface area is 196 Å². The van der Waals surface area contributed by atoms with Gasteiger partial charge in [0.05, 0.1) is 0 Å². The van der Waals surface area contributed by atoms with Crippen molar-refractivity contribution in [3.63, 3.8) is 0 Å². The number of aromatic nitrogens is 2. The smallest absolute Gasteiger partial charge is 0.189 e. The molecule has 4 aromatic rings. The first kappa shape index (κ1) is 24.4. The van der Waals surface area contributed by atoms with Gasteiger partial charge in [0, 0.05) is 31.0 Å². The highest BCUT2D eigenvalue weighted by molar-refractivity contribution is 5.91. The predicted molar refractivity (Wildman–Crippen MR) is 124 cm³/mol. The van der Waals surface area contributed by atoms with Gasteiger partial charge in [-0.25, -0.2) is 36.3 Å². The van der Waals surface area contributed by atoms with E-state index < -0.39 is 68.3 Å². The minimum absolute atomic E-state index is 0.0440. The van der Waals surface area contributed by atoms with Crippen LogP contribution in [0.2, 0.25) is 0 Å². The standard InChI is InChI=1S/C24H21F6N5/c1-4-31-19-13(25)15(27)21-23(17(19)29)33-22-16(28)14(26)20(18(30)24(22)34-21)32-11-7-9-12(10-8-11)35(5-2)6-3/h7-10,31-32H,4-6H2,1-3H3. The molecule has 0 aliphatic heterocycles. The molecule has 0 amide bonds. The van der Waals surface area contributed by atoms with E-state index in [1.807, 2.05) is 13.8 Å². The number of nitrogens with one attached hydrogen (secondary N) is 2. The van der Waals surface area contributed by atoms with Gasteiger partial charge in [0.15, 0.2) is 34.9 Å². The zero-order valence-electron chi connectivity index (χ0n) is 19.0. The Morgan fingerprint density at radius 3 is 1.57 bits per heavy atom. The number of hydrogen-bond acceptors (Lipinski definition) is 5. The van der Waals surface area contributed by atoms with Crippen molar-refractivity contribution in [3.8, 4) is 0 Å². The predicted octanol–water partition coefficient (Wildman–Crippen LogP) is 6.64. The molecule has 0 atom stereocenters. The van der Waals surface area contributed by atoms with Crippen molar-refractivity contribution in [1.29, 1.82) is 0 Å². The number of nitrogens with zero attached hydrogens (tertiary/aromatic N) is 3. The Morgan fingerprint density at radius 2 is 1.09 bits per heavy atom. The Kier molecular flexibility index (Phi) is 6.60. The molecule has 0 saturated carbocycles. The molecule has 5 nitrogen and oxygen atoms in total. The van der Waals surface area contributed by atoms with Gasteiger partial charge in [-0.15, -0.1) is 0 Å². The van der Waals surface area contributed by atoms with Crippen LogP contribution in [0.4, 0.5) is 49.1 Å². The quantitative estimate of drug-likeness (QED) is 0.172. The number of fused-ring (bicyclic) bond motifs is 2. The maximum atomic E-state index is 15.3. The summed E-state index contributed by atoms with van der Waals surface area (Å²) < 4.78 is 88.7. The van der Waals surface area contributed by atoms with Crippen LogP contribution in [-0.4, -0.2) is 29.6 Å². The summed E-state index contributed by atoms with van der Waals surface area (Å²) in [6.45, 7) is 7.02. The molecule has 3 aromatic carbocycles. The highest BCUT2D eigenvalue weighted by Crippen LogP contribution is 2.35. The summed E-state index contributed by atoms with van der Waals surface area (Å²) in [6, 6.07) is 6.54. The minimum atomic E-state index is -1.62. The average molecular weight is 493 g/mol. The number of halogens is 6. The lowest BCUT2D eigenvalue weighted by Crippen LogP contribution is -2.21. The van der Waals surface area contributed by atoms with Crippen LogP contribution < -0.4 is 15.5 Å². The van der Waals surface area contributed by atoms with Crippen molar-refractivity contribution in [2.24, 2.45) is 0 Å². The Balaban J connectivity index is 1.87. The van der Waals surface area contributed by atoms with E-state index in [0.29, 0.717) is 0 Å². The molecular weight excluding hydrogens is 472 g/mol. The average Bonchev–Trinajstić information content (AvgIpc) is 2.87. The van der Waals surface area contributed by atoms with E-state index >= 15 is 4.39 Å². The maximum Gasteiger partial charge on any atom is 0.189 e. The minimum Gasteiger partial charge on any atom is -0.380 e. The van der Waals surface area contributed by atoms with E-state index in [0.717, 1.165) is 18.8 Å². The van der Waals surface area contributed by atoms with Crippen molar-refractivity contribution in [2.45, 2.75) is 20.8 Å². The van der Waals surface area contributed by atoms with Crippen LogP contribution >= 0.6 is 0 Å². The van der Waals surface area contributed by atoms with E-state index in [2.05, 4.69) is 25.5 Å². The molecule has 0 fully saturated rings. The van der Waals surface area contributed by atoms with E-state index in [4.69, 9.17) is 0 Å². The molecule has 184 valence electrons. The van der Waals surface area contributed by atoms with Crippen molar-refractivity contribution in [3.05, 3.63) is 59.2 Å². The first-order chi connectivity index (χ1) is 16.7. The normalized spacial score (nSPS) is 11.3. The summed E-state index contributed by atoms with van der Waals surface area (Å²) in [7, 11) is 0. The van der Waals surface area contributed by atoms with Gasteiger partial charge in [-0.05, 0) is 45.0 Å². The fourth-order valence-corrected chi connectivity index (χ4v) is 3.83. The zero-order chi connectivity index (χ0) is 25.4. The summed E-state index contributed by atoms with van der Waals surface area (Å²) in [5.41, 5.74) is -4.27. The SMILES string of the molecule is CCNc1c(F)c(F)c2nc3c(F)c(Nc4ccc(N(CC)CC)cc4)c(F)c(F)c3nc2c1F. The van der Waals surface area contributed by atoms with Crippen LogP contribution in [0, 0.1) is 34.9 Å². The van der Waals surface area contributed by atoms with Crippen molar-refractivity contribution >= 4 is 44.8 Å². The molecule has 0 spiro atoms. The molecule has 0 bridgehead atoms. The molecule has 0 radical (unpaired) electrons. The van der Waals surface area contributed by atoms with Crippen LogP contribution in [-0.2, 0) is 0 Å². The van der Waals surface area contributed by atoms with E-state index in [1.54, 1.807) is 24.3 Å². The van der Waals surface area contributed by atoms with Crippen LogP contribution in [0.5, 0.6) is 0 Å². The third-order valence-corrected chi connectivity index (χ3v) is 5.61. The molecule has 11 heteroatoms. The summed E-state index contributed by atoms with van der Waals surface area (Å²) in [5.74, 6) is -9.17. The Morgan fingerprint density at radius 1 is 0.629 bits per heavy atom. The third kappa shape index (κ3) is 4.04. The third-order valence-electron chi connectivity index (χ3n) is 5.61. The van der Waals surface area contributed by atoms with Crippen LogP contribution in [0.25, 0.3) is 22.1 Å². The van der Waals surface area contributed by atoms with Crippen molar-refractivity contribution in [2.75, 3.05) is 35.2 Å². The second-order valence-corrected chi connectivity index (χ2v) is 7.63. The first-order valence-corrected chi connectivity index (χ1v) is 10.9. The molecule has 1 heterocycles. The first-order valence-electron chi connectivity index (χ1n) is 10.9. The topological polar surface area (TPSA) is 53.1 Å². The zero-order valence-corrected chi connectivity index (χ0v) is 19.0. The lowest BCUT2D eigenvalue weighted by molar-refractivity contribution is 0.503. The van der Waals surface area contributed by atoms with Gasteiger partial charge in [0.25, 0.3) is 0 Å². The molecule has 0 unspecified atom stereocenters. The number of anilines is 4. The molecule has 35 heavy (non-hydrogen) atoms. The van der Waals surface area contributed by atoms with E-state index in [9.17, 15) is 22.0 Å². The Bertz CT molecular complexity index is 1420. The summed E-state index contributed by atoms with van der Waals surface area (Å²) >= 11 is 0. The van der Waals surface area contributed by atoms with Crippen LogP contribution in [0.3, 0.4) is 0 Å². The number of rotatable bonds is 7. The number of benzene rings is 3. The summed E-state index contributed by atoms with van der Waals surface area (Å²) in [4.78, 5) is 9.21. The van der Waals surface area contributed by atoms with Gasteiger partial charge in [0.2, 0.25) is 0 Å². The van der Waals surface area contributed by atoms with E-state index in [1.165, 1.54) is 6.92 Å². The summed E-state index contributed by atoms with van der Waals surface area (Å²) in [6.07, 6.45) is 0. The van der Waals surface area contributed by atoms with E-state index in [-0.39, 0.29) is 12.2 Å². The van der Waals surface area contributed by atoms with Crippen molar-refractivity contribution < 1.29 is 26.3 Å². The van der Waals surface area contributed by atoms with Gasteiger partial charge in [-0.2, -0.15) is 0 Å². The second-order valence-electron chi connectivity index (χ2n) is 7.63. The van der Waals surface area contributed by atoms with Gasteiger partial charge in [-0.3, -0.25) is 0 Å². The van der Waals surface area contributed by atoms with Crippen molar-refractivity contribution in [1.82, 2.24) is 9.97 Å².